The summed E-state index contributed by atoms with van der Waals surface area (Å²) in [5.41, 5.74) is -1.24. The van der Waals surface area contributed by atoms with Gasteiger partial charge in [0, 0.05) is 20.3 Å². The molecule has 2 aromatic rings. The number of nitrogens with zero attached hydrogens (tertiary/aromatic N) is 3. The zero-order valence-corrected chi connectivity index (χ0v) is 27.0. The van der Waals surface area contributed by atoms with Crippen LogP contribution < -0.4 is 16.0 Å². The summed E-state index contributed by atoms with van der Waals surface area (Å²) in [6.45, 7) is 8.28. The fourth-order valence-corrected chi connectivity index (χ4v) is 5.06. The van der Waals surface area contributed by atoms with Crippen molar-refractivity contribution in [2.45, 2.75) is 96.6 Å². The Morgan fingerprint density at radius 2 is 1.68 bits per heavy atom. The van der Waals surface area contributed by atoms with E-state index >= 15 is 0 Å². The second-order valence-corrected chi connectivity index (χ2v) is 13.0. The molecule has 1 fully saturated rings. The number of alkyl carbamates (subject to hydrolysis) is 1. The number of hydrogen-bond acceptors (Lipinski definition) is 7. The number of hydrogen-bond donors (Lipinski definition) is 3. The largest absolute Gasteiger partial charge is 0.444 e. The molecule has 3 rings (SSSR count). The smallest absolute Gasteiger partial charge is 0.408 e. The van der Waals surface area contributed by atoms with Crippen molar-refractivity contribution in [2.75, 3.05) is 26.0 Å². The van der Waals surface area contributed by atoms with Gasteiger partial charge in [-0.2, -0.15) is 0 Å². The quantitative estimate of drug-likeness (QED) is 0.328. The van der Waals surface area contributed by atoms with Gasteiger partial charge in [-0.15, -0.1) is 0 Å². The van der Waals surface area contributed by atoms with Gasteiger partial charge < -0.3 is 34.9 Å². The summed E-state index contributed by atoms with van der Waals surface area (Å²) in [5, 5.41) is 8.03. The van der Waals surface area contributed by atoms with E-state index in [1.54, 1.807) is 56.9 Å². The number of imidazole rings is 1. The van der Waals surface area contributed by atoms with E-state index in [9.17, 15) is 19.2 Å². The highest BCUT2D eigenvalue weighted by Gasteiger charge is 2.35. The summed E-state index contributed by atoms with van der Waals surface area (Å²) in [6, 6.07) is 7.91. The van der Waals surface area contributed by atoms with Crippen molar-refractivity contribution in [3.8, 4) is 0 Å². The maximum atomic E-state index is 13.5. The first-order valence-electron chi connectivity index (χ1n) is 15.2. The van der Waals surface area contributed by atoms with Gasteiger partial charge in [0.15, 0.2) is 5.82 Å². The highest BCUT2D eigenvalue weighted by atomic mass is 16.6. The van der Waals surface area contributed by atoms with E-state index in [0.717, 1.165) is 37.7 Å². The Balaban J connectivity index is 1.75. The zero-order valence-electron chi connectivity index (χ0n) is 27.0. The van der Waals surface area contributed by atoms with E-state index < -0.39 is 41.1 Å². The third-order valence-electron chi connectivity index (χ3n) is 7.36. The lowest BCUT2D eigenvalue weighted by molar-refractivity contribution is -0.134. The average molecular weight is 613 g/mol. The molecule has 4 amide bonds. The van der Waals surface area contributed by atoms with E-state index in [-0.39, 0.29) is 30.9 Å². The number of carbonyl (C=O) groups excluding carboxylic acids is 4. The molecule has 1 aromatic heterocycles. The van der Waals surface area contributed by atoms with Gasteiger partial charge in [0.1, 0.15) is 23.2 Å². The Bertz CT molecular complexity index is 1260. The monoisotopic (exact) mass is 612 g/mol. The molecular formula is C32H48N6O6. The van der Waals surface area contributed by atoms with Gasteiger partial charge >= 0.3 is 6.09 Å². The number of carbonyl (C=O) groups is 4. The fourth-order valence-electron chi connectivity index (χ4n) is 5.06. The van der Waals surface area contributed by atoms with Crippen LogP contribution in [-0.2, 0) is 30.5 Å². The molecule has 1 aliphatic rings. The molecule has 0 saturated heterocycles. The van der Waals surface area contributed by atoms with Crippen LogP contribution in [0, 0.1) is 5.92 Å². The third-order valence-corrected chi connectivity index (χ3v) is 7.36. The summed E-state index contributed by atoms with van der Waals surface area (Å²) in [5.74, 6) is -0.763. The predicted octanol–water partition coefficient (Wildman–Crippen LogP) is 4.04. The molecule has 3 N–H and O–H groups in total. The summed E-state index contributed by atoms with van der Waals surface area (Å²) < 4.78 is 12.9. The molecule has 12 heteroatoms. The Kier molecular flexibility index (Phi) is 11.9. The summed E-state index contributed by atoms with van der Waals surface area (Å²) in [4.78, 5) is 58.3. The number of nitrogens with one attached hydrogen (secondary N) is 3. The molecule has 1 aliphatic carbocycles. The molecule has 2 atom stereocenters. The average Bonchev–Trinajstić information content (AvgIpc) is 3.39. The molecule has 0 spiro atoms. The highest BCUT2D eigenvalue weighted by molar-refractivity contribution is 5.98. The van der Waals surface area contributed by atoms with Gasteiger partial charge in [0.05, 0.1) is 19.5 Å². The second kappa shape index (κ2) is 15.2. The van der Waals surface area contributed by atoms with Gasteiger partial charge in [0.25, 0.3) is 5.91 Å². The molecule has 12 nitrogen and oxygen atoms in total. The number of likely N-dealkylation sites (N-methyl/N-ethyl adjacent to an activating group) is 1. The molecule has 1 saturated carbocycles. The number of aromatic nitrogens is 2. The van der Waals surface area contributed by atoms with E-state index in [1.807, 2.05) is 30.3 Å². The van der Waals surface area contributed by atoms with Gasteiger partial charge in [-0.3, -0.25) is 14.4 Å². The van der Waals surface area contributed by atoms with Crippen LogP contribution in [0.1, 0.15) is 78.3 Å². The van der Waals surface area contributed by atoms with Crippen LogP contribution >= 0.6 is 0 Å². The zero-order chi connectivity index (χ0) is 32.5. The van der Waals surface area contributed by atoms with Gasteiger partial charge in [-0.05, 0) is 58.9 Å². The highest BCUT2D eigenvalue weighted by Crippen LogP contribution is 2.34. The molecule has 1 unspecified atom stereocenters. The van der Waals surface area contributed by atoms with Gasteiger partial charge in [-0.25, -0.2) is 9.78 Å². The summed E-state index contributed by atoms with van der Waals surface area (Å²) >= 11 is 0. The molecule has 44 heavy (non-hydrogen) atoms. The van der Waals surface area contributed by atoms with Crippen LogP contribution in [0.3, 0.4) is 0 Å². The number of amides is 4. The van der Waals surface area contributed by atoms with Gasteiger partial charge in [0.2, 0.25) is 11.8 Å². The minimum Gasteiger partial charge on any atom is -0.444 e. The predicted molar refractivity (Wildman–Crippen MR) is 167 cm³/mol. The SMILES string of the molecule is CN(C)C(=O)C(C1CCCCC1)n1cnc(NC(=O)[C@@H](COCc2ccccc2)NC(=O)C(C)(C)NC(=O)OC(C)(C)C)c1. The van der Waals surface area contributed by atoms with E-state index in [1.165, 1.54) is 13.8 Å². The molecule has 1 aromatic carbocycles. The van der Waals surface area contributed by atoms with E-state index in [4.69, 9.17) is 9.47 Å². The summed E-state index contributed by atoms with van der Waals surface area (Å²) in [7, 11) is 3.47. The second-order valence-electron chi connectivity index (χ2n) is 13.0. The van der Waals surface area contributed by atoms with Crippen LogP contribution in [0.2, 0.25) is 0 Å². The lowest BCUT2D eigenvalue weighted by Crippen LogP contribution is -2.59. The first-order valence-corrected chi connectivity index (χ1v) is 15.2. The first kappa shape index (κ1) is 34.6. The number of benzene rings is 1. The van der Waals surface area contributed by atoms with Gasteiger partial charge in [-0.1, -0.05) is 49.6 Å². The van der Waals surface area contributed by atoms with Crippen molar-refractivity contribution in [3.05, 3.63) is 48.4 Å². The minimum atomic E-state index is -1.40. The normalized spacial score (nSPS) is 15.5. The standard InChI is InChI=1S/C32H48N6O6/c1-31(2,3)44-30(42)36-32(4,5)29(41)34-24(20-43-19-22-14-10-8-11-15-22)27(39)35-25-18-38(21-33-25)26(28(40)37(6)7)23-16-12-9-13-17-23/h8,10-11,14-15,18,21,23-24,26H,9,12-13,16-17,19-20H2,1-7H3,(H,34,41)(H,35,39)(H,36,42)/t24-,26?/m1/s1. The third kappa shape index (κ3) is 10.4. The Morgan fingerprint density at radius 3 is 2.30 bits per heavy atom. The molecule has 0 aliphatic heterocycles. The molecule has 0 bridgehead atoms. The van der Waals surface area contributed by atoms with Crippen LogP contribution in [-0.4, -0.2) is 76.1 Å². The molecule has 242 valence electrons. The summed E-state index contributed by atoms with van der Waals surface area (Å²) in [6.07, 6.45) is 7.65. The van der Waals surface area contributed by atoms with Crippen molar-refractivity contribution >= 4 is 29.6 Å². The molecular weight excluding hydrogens is 564 g/mol. The number of anilines is 1. The van der Waals surface area contributed by atoms with Crippen molar-refractivity contribution < 1.29 is 28.7 Å². The maximum Gasteiger partial charge on any atom is 0.408 e. The van der Waals surface area contributed by atoms with Crippen LogP contribution in [0.5, 0.6) is 0 Å². The van der Waals surface area contributed by atoms with Crippen molar-refractivity contribution in [3.63, 3.8) is 0 Å². The van der Waals surface area contributed by atoms with Crippen molar-refractivity contribution in [1.82, 2.24) is 25.1 Å². The topological polar surface area (TPSA) is 144 Å². The van der Waals surface area contributed by atoms with Crippen LogP contribution in [0.25, 0.3) is 0 Å². The fraction of sp³-hybridized carbons (Fsp3) is 0.594. The van der Waals surface area contributed by atoms with Crippen LogP contribution in [0.4, 0.5) is 10.6 Å². The van der Waals surface area contributed by atoms with E-state index in [0.29, 0.717) is 0 Å². The lowest BCUT2D eigenvalue weighted by atomic mass is 9.83. The first-order chi connectivity index (χ1) is 20.7. The molecule has 1 heterocycles. The van der Waals surface area contributed by atoms with Crippen molar-refractivity contribution in [2.24, 2.45) is 5.92 Å². The Morgan fingerprint density at radius 1 is 1.02 bits per heavy atom. The maximum absolute atomic E-state index is 13.5. The van der Waals surface area contributed by atoms with Crippen LogP contribution in [0.15, 0.2) is 42.9 Å². The number of rotatable bonds is 12. The van der Waals surface area contributed by atoms with Crippen molar-refractivity contribution in [1.29, 1.82) is 0 Å². The number of ether oxygens (including phenoxy) is 2. The lowest BCUT2D eigenvalue weighted by Gasteiger charge is -2.31. The Labute approximate surface area is 260 Å². The molecule has 0 radical (unpaired) electrons. The Hall–Kier alpha value is -3.93. The minimum absolute atomic E-state index is 0.0219. The van der Waals surface area contributed by atoms with E-state index in [2.05, 4.69) is 20.9 Å².